The minimum atomic E-state index is -4.44. The first-order valence-corrected chi connectivity index (χ1v) is 8.40. The molecule has 0 saturated carbocycles. The van der Waals surface area contributed by atoms with Gasteiger partial charge >= 0.3 is 6.18 Å². The van der Waals surface area contributed by atoms with Gasteiger partial charge in [-0.05, 0) is 46.6 Å². The number of anilines is 1. The third-order valence-electron chi connectivity index (χ3n) is 3.07. The van der Waals surface area contributed by atoms with E-state index in [1.807, 2.05) is 6.92 Å². The van der Waals surface area contributed by atoms with Gasteiger partial charge in [0.25, 0.3) is 5.91 Å². The van der Waals surface area contributed by atoms with E-state index in [0.717, 1.165) is 0 Å². The van der Waals surface area contributed by atoms with Gasteiger partial charge in [-0.2, -0.15) is 13.2 Å². The molecular formula is C16H16BrF3N4O2. The van der Waals surface area contributed by atoms with Gasteiger partial charge in [0.1, 0.15) is 5.82 Å². The molecule has 2 aromatic rings. The van der Waals surface area contributed by atoms with Crippen LogP contribution in [0.25, 0.3) is 0 Å². The van der Waals surface area contributed by atoms with Gasteiger partial charge in [-0.3, -0.25) is 4.79 Å². The molecule has 0 unspecified atom stereocenters. The van der Waals surface area contributed by atoms with Crippen molar-refractivity contribution in [1.29, 1.82) is 0 Å². The predicted octanol–water partition coefficient (Wildman–Crippen LogP) is 3.54. The highest BCUT2D eigenvalue weighted by atomic mass is 79.9. The molecule has 26 heavy (non-hydrogen) atoms. The molecule has 10 heteroatoms. The Morgan fingerprint density at radius 1 is 1.31 bits per heavy atom. The molecule has 0 aliphatic carbocycles. The average molecular weight is 433 g/mol. The topological polar surface area (TPSA) is 76.1 Å². The Hall–Kier alpha value is -2.36. The van der Waals surface area contributed by atoms with Crippen molar-refractivity contribution in [3.05, 3.63) is 46.2 Å². The molecule has 0 spiro atoms. The number of ether oxygens (including phenoxy) is 1. The summed E-state index contributed by atoms with van der Waals surface area (Å²) in [5.74, 6) is 0.123. The highest BCUT2D eigenvalue weighted by Crippen LogP contribution is 2.25. The Morgan fingerprint density at radius 3 is 2.73 bits per heavy atom. The monoisotopic (exact) mass is 432 g/mol. The van der Waals surface area contributed by atoms with E-state index in [0.29, 0.717) is 23.5 Å². The highest BCUT2D eigenvalue weighted by molar-refractivity contribution is 9.10. The van der Waals surface area contributed by atoms with Gasteiger partial charge < -0.3 is 15.4 Å². The van der Waals surface area contributed by atoms with Crippen molar-refractivity contribution in [1.82, 2.24) is 15.3 Å². The molecule has 0 saturated heterocycles. The van der Waals surface area contributed by atoms with E-state index < -0.39 is 12.8 Å². The predicted molar refractivity (Wildman–Crippen MR) is 93.1 cm³/mol. The van der Waals surface area contributed by atoms with Gasteiger partial charge in [0.05, 0.1) is 4.47 Å². The van der Waals surface area contributed by atoms with Gasteiger partial charge in [-0.1, -0.05) is 0 Å². The maximum absolute atomic E-state index is 12.2. The van der Waals surface area contributed by atoms with Crippen molar-refractivity contribution in [3.63, 3.8) is 0 Å². The van der Waals surface area contributed by atoms with Crippen molar-refractivity contribution >= 4 is 27.7 Å². The average Bonchev–Trinajstić information content (AvgIpc) is 2.58. The van der Waals surface area contributed by atoms with Crippen molar-refractivity contribution in [2.24, 2.45) is 0 Å². The molecule has 140 valence electrons. The van der Waals surface area contributed by atoms with E-state index in [1.54, 1.807) is 12.1 Å². The smallest absolute Gasteiger partial charge is 0.422 e. The molecule has 0 radical (unpaired) electrons. The molecule has 2 N–H and O–H groups in total. The molecule has 0 fully saturated rings. The van der Waals surface area contributed by atoms with Crippen LogP contribution in [-0.2, 0) is 6.54 Å². The number of alkyl halides is 3. The number of aromatic nitrogens is 2. The Kier molecular flexibility index (Phi) is 6.78. The van der Waals surface area contributed by atoms with Gasteiger partial charge in [0, 0.05) is 31.0 Å². The molecule has 1 amide bonds. The number of rotatable bonds is 7. The summed E-state index contributed by atoms with van der Waals surface area (Å²) in [6.07, 6.45) is -1.57. The van der Waals surface area contributed by atoms with Crippen molar-refractivity contribution in [2.75, 3.05) is 18.5 Å². The van der Waals surface area contributed by atoms with Crippen LogP contribution in [0.15, 0.2) is 35.1 Å². The van der Waals surface area contributed by atoms with E-state index in [-0.39, 0.29) is 22.8 Å². The standard InChI is InChI=1S/C16H16BrF3N4O2/c1-2-21-13-6-11(3-4-22-13)14(25)23-7-10-5-12(17)15(24-8-10)26-9-16(18,19)20/h3-6,8H,2,7,9H2,1H3,(H,21,22)(H,23,25). The fraction of sp³-hybridized carbons (Fsp3) is 0.312. The molecule has 0 bridgehead atoms. The van der Waals surface area contributed by atoms with Crippen LogP contribution in [0.5, 0.6) is 5.88 Å². The molecule has 2 aromatic heterocycles. The van der Waals surface area contributed by atoms with Gasteiger partial charge in [-0.25, -0.2) is 9.97 Å². The summed E-state index contributed by atoms with van der Waals surface area (Å²) < 4.78 is 41.4. The number of pyridine rings is 2. The van der Waals surface area contributed by atoms with Crippen LogP contribution in [0.4, 0.5) is 19.0 Å². The normalized spacial score (nSPS) is 11.1. The third-order valence-corrected chi connectivity index (χ3v) is 3.64. The summed E-state index contributed by atoms with van der Waals surface area (Å²) in [5.41, 5.74) is 1.04. The number of carbonyl (C=O) groups excluding carboxylic acids is 1. The van der Waals surface area contributed by atoms with Gasteiger partial charge in [0.15, 0.2) is 6.61 Å². The minimum Gasteiger partial charge on any atom is -0.467 e. The van der Waals surface area contributed by atoms with Crippen LogP contribution in [0.2, 0.25) is 0 Å². The lowest BCUT2D eigenvalue weighted by Gasteiger charge is -2.11. The Bertz CT molecular complexity index is 771. The highest BCUT2D eigenvalue weighted by Gasteiger charge is 2.29. The van der Waals surface area contributed by atoms with Crippen LogP contribution >= 0.6 is 15.9 Å². The number of nitrogens with zero attached hydrogens (tertiary/aromatic N) is 2. The van der Waals surface area contributed by atoms with Crippen LogP contribution in [0.1, 0.15) is 22.8 Å². The molecule has 0 aromatic carbocycles. The maximum atomic E-state index is 12.2. The lowest BCUT2D eigenvalue weighted by molar-refractivity contribution is -0.154. The van der Waals surface area contributed by atoms with Crippen LogP contribution in [-0.4, -0.2) is 35.2 Å². The second kappa shape index (κ2) is 8.84. The molecule has 6 nitrogen and oxygen atoms in total. The zero-order chi connectivity index (χ0) is 19.2. The van der Waals surface area contributed by atoms with E-state index in [4.69, 9.17) is 0 Å². The van der Waals surface area contributed by atoms with E-state index in [2.05, 4.69) is 41.3 Å². The Labute approximate surface area is 156 Å². The van der Waals surface area contributed by atoms with Crippen molar-refractivity contribution in [2.45, 2.75) is 19.6 Å². The first kappa shape index (κ1) is 20.0. The lowest BCUT2D eigenvalue weighted by atomic mass is 10.2. The fourth-order valence-corrected chi connectivity index (χ4v) is 2.46. The van der Waals surface area contributed by atoms with E-state index in [9.17, 15) is 18.0 Å². The van der Waals surface area contributed by atoms with Gasteiger partial charge in [0.2, 0.25) is 5.88 Å². The number of hydrogen-bond acceptors (Lipinski definition) is 5. The van der Waals surface area contributed by atoms with Crippen LogP contribution < -0.4 is 15.4 Å². The summed E-state index contributed by atoms with van der Waals surface area (Å²) in [6.45, 7) is 1.33. The van der Waals surface area contributed by atoms with Crippen LogP contribution in [0, 0.1) is 0 Å². The van der Waals surface area contributed by atoms with E-state index >= 15 is 0 Å². The maximum Gasteiger partial charge on any atom is 0.422 e. The first-order chi connectivity index (χ1) is 12.3. The van der Waals surface area contributed by atoms with Crippen LogP contribution in [0.3, 0.4) is 0 Å². The molecule has 0 aliphatic heterocycles. The second-order valence-corrected chi connectivity index (χ2v) is 6.03. The number of hydrogen-bond donors (Lipinski definition) is 2. The molecule has 0 atom stereocenters. The zero-order valence-electron chi connectivity index (χ0n) is 13.7. The summed E-state index contributed by atoms with van der Waals surface area (Å²) in [4.78, 5) is 20.1. The largest absolute Gasteiger partial charge is 0.467 e. The van der Waals surface area contributed by atoms with E-state index in [1.165, 1.54) is 18.5 Å². The zero-order valence-corrected chi connectivity index (χ0v) is 15.3. The first-order valence-electron chi connectivity index (χ1n) is 7.60. The fourth-order valence-electron chi connectivity index (χ4n) is 1.95. The quantitative estimate of drug-likeness (QED) is 0.699. The summed E-state index contributed by atoms with van der Waals surface area (Å²) in [5, 5.41) is 5.72. The summed E-state index contributed by atoms with van der Waals surface area (Å²) >= 11 is 3.11. The SMILES string of the molecule is CCNc1cc(C(=O)NCc2cnc(OCC(F)(F)F)c(Br)c2)ccn1. The Morgan fingerprint density at radius 2 is 2.08 bits per heavy atom. The number of amides is 1. The summed E-state index contributed by atoms with van der Waals surface area (Å²) in [6, 6.07) is 4.75. The number of nitrogens with one attached hydrogen (secondary N) is 2. The second-order valence-electron chi connectivity index (χ2n) is 5.18. The van der Waals surface area contributed by atoms with Gasteiger partial charge in [-0.15, -0.1) is 0 Å². The third kappa shape index (κ3) is 6.17. The molecule has 0 aliphatic rings. The number of carbonyl (C=O) groups is 1. The summed E-state index contributed by atoms with van der Waals surface area (Å²) in [7, 11) is 0. The minimum absolute atomic E-state index is 0.156. The molecule has 2 rings (SSSR count). The van der Waals surface area contributed by atoms with Crippen molar-refractivity contribution < 1.29 is 22.7 Å². The number of halogens is 4. The molecular weight excluding hydrogens is 417 g/mol. The van der Waals surface area contributed by atoms with Crippen molar-refractivity contribution in [3.8, 4) is 5.88 Å². The Balaban J connectivity index is 1.95. The lowest BCUT2D eigenvalue weighted by Crippen LogP contribution is -2.23. The molecule has 2 heterocycles.